The Bertz CT molecular complexity index is 1500. The maximum absolute atomic E-state index is 14.7. The van der Waals surface area contributed by atoms with Crippen LogP contribution in [-0.4, -0.2) is 72.9 Å². The van der Waals surface area contributed by atoms with Crippen LogP contribution >= 0.6 is 0 Å². The smallest absolute Gasteiger partial charge is 0.291 e. The van der Waals surface area contributed by atoms with Crippen molar-refractivity contribution in [2.45, 2.75) is 58.4 Å². The monoisotopic (exact) mass is 535 g/mol. The second-order valence-electron chi connectivity index (χ2n) is 10.8. The van der Waals surface area contributed by atoms with Gasteiger partial charge in [-0.2, -0.15) is 19.9 Å². The minimum atomic E-state index is -0.978. The fourth-order valence-electron chi connectivity index (χ4n) is 4.60. The van der Waals surface area contributed by atoms with Gasteiger partial charge in [0.05, 0.1) is 41.3 Å². The molecule has 206 valence electrons. The van der Waals surface area contributed by atoms with E-state index in [9.17, 15) is 9.18 Å². The molecule has 1 aliphatic rings. The van der Waals surface area contributed by atoms with E-state index in [0.29, 0.717) is 24.0 Å². The van der Waals surface area contributed by atoms with Gasteiger partial charge in [0.1, 0.15) is 11.7 Å². The molecule has 2 atom stereocenters. The Morgan fingerprint density at radius 1 is 1.31 bits per heavy atom. The highest BCUT2D eigenvalue weighted by Gasteiger charge is 2.28. The van der Waals surface area contributed by atoms with Gasteiger partial charge in [0.15, 0.2) is 0 Å². The molecule has 0 bridgehead atoms. The minimum Gasteiger partial charge on any atom is -0.377 e. The number of nitrogens with one attached hydrogen (secondary N) is 2. The summed E-state index contributed by atoms with van der Waals surface area (Å²) in [4.78, 5) is 19.1. The highest BCUT2D eigenvalue weighted by molar-refractivity contribution is 5.96. The van der Waals surface area contributed by atoms with Crippen molar-refractivity contribution in [1.29, 1.82) is 0 Å². The average molecular weight is 536 g/mol. The minimum absolute atomic E-state index is 0.0487. The molecule has 4 aromatic rings. The molecule has 1 aromatic carbocycles. The molecule has 2 N–H and O–H groups in total. The van der Waals surface area contributed by atoms with Crippen LogP contribution in [0.4, 0.5) is 10.1 Å². The van der Waals surface area contributed by atoms with Gasteiger partial charge in [-0.25, -0.2) is 4.39 Å². The van der Waals surface area contributed by atoms with Crippen LogP contribution in [0.25, 0.3) is 22.9 Å². The number of amides is 1. The second kappa shape index (κ2) is 10.6. The van der Waals surface area contributed by atoms with Gasteiger partial charge < -0.3 is 20.1 Å². The lowest BCUT2D eigenvalue weighted by Gasteiger charge is -2.33. The molecular formula is C27H34FN9O2. The summed E-state index contributed by atoms with van der Waals surface area (Å²) in [7, 11) is 1.93. The van der Waals surface area contributed by atoms with Crippen LogP contribution in [0.2, 0.25) is 0 Å². The van der Waals surface area contributed by atoms with Gasteiger partial charge in [-0.1, -0.05) is 18.2 Å². The van der Waals surface area contributed by atoms with Crippen molar-refractivity contribution in [3.63, 3.8) is 0 Å². The molecule has 0 radical (unpaired) electrons. The maximum atomic E-state index is 14.7. The summed E-state index contributed by atoms with van der Waals surface area (Å²) in [5.74, 6) is 0.177. The van der Waals surface area contributed by atoms with E-state index < -0.39 is 6.17 Å². The van der Waals surface area contributed by atoms with Crippen LogP contribution in [-0.2, 0) is 12.1 Å². The van der Waals surface area contributed by atoms with Gasteiger partial charge in [-0.05, 0) is 58.5 Å². The standard InChI is InChI=1S/C27H34FN9O2/c1-6-8-22-18-9-7-10-21(31-20-11-12-35(5)16-19(20)28)24(18)33-37(22)26-32-23(39-34-26)14-29-25(38)17-13-30-36(15-17)27(2,3)4/h6-10,13,15,19-20,31H,11-12,14,16H2,1-5H3,(H,29,38)/b8-6+/t19-,20+/m0/s1. The lowest BCUT2D eigenvalue weighted by Crippen LogP contribution is -2.46. The lowest BCUT2D eigenvalue weighted by molar-refractivity contribution is 0.0946. The SMILES string of the molecule is C/C=C/c1c2cccc(N[C@@H]3CCN(C)C[C@@H]3F)c2nn1-c1noc(CNC(=O)c2cnn(C(C)(C)C)c2)n1. The first-order valence-corrected chi connectivity index (χ1v) is 13.0. The predicted molar refractivity (Wildman–Crippen MR) is 146 cm³/mol. The molecule has 0 saturated carbocycles. The Morgan fingerprint density at radius 3 is 2.85 bits per heavy atom. The summed E-state index contributed by atoms with van der Waals surface area (Å²) in [6, 6.07) is 5.49. The van der Waals surface area contributed by atoms with Crippen molar-refractivity contribution in [2.75, 3.05) is 25.5 Å². The van der Waals surface area contributed by atoms with Gasteiger partial charge in [-0.3, -0.25) is 9.48 Å². The molecule has 0 unspecified atom stereocenters. The fourth-order valence-corrected chi connectivity index (χ4v) is 4.60. The van der Waals surface area contributed by atoms with Crippen LogP contribution < -0.4 is 10.6 Å². The first-order chi connectivity index (χ1) is 18.6. The van der Waals surface area contributed by atoms with Gasteiger partial charge in [0.2, 0.25) is 5.89 Å². The van der Waals surface area contributed by atoms with E-state index in [-0.39, 0.29) is 35.9 Å². The van der Waals surface area contributed by atoms with Gasteiger partial charge in [0.25, 0.3) is 11.9 Å². The number of alkyl halides is 1. The molecule has 1 saturated heterocycles. The summed E-state index contributed by atoms with van der Waals surface area (Å²) >= 11 is 0. The Labute approximate surface area is 226 Å². The van der Waals surface area contributed by atoms with Crippen molar-refractivity contribution < 1.29 is 13.7 Å². The maximum Gasteiger partial charge on any atom is 0.291 e. The van der Waals surface area contributed by atoms with E-state index in [1.807, 2.05) is 70.0 Å². The zero-order chi connectivity index (χ0) is 27.7. The number of piperidine rings is 1. The van der Waals surface area contributed by atoms with Crippen molar-refractivity contribution in [1.82, 2.24) is 39.9 Å². The Hall–Kier alpha value is -4.06. The molecule has 12 heteroatoms. The predicted octanol–water partition coefficient (Wildman–Crippen LogP) is 3.78. The van der Waals surface area contributed by atoms with E-state index in [1.54, 1.807) is 15.6 Å². The van der Waals surface area contributed by atoms with Crippen molar-refractivity contribution in [3.05, 3.63) is 53.8 Å². The zero-order valence-corrected chi connectivity index (χ0v) is 22.8. The van der Waals surface area contributed by atoms with Crippen molar-refractivity contribution in [2.24, 2.45) is 0 Å². The van der Waals surface area contributed by atoms with Crippen LogP contribution in [0.1, 0.15) is 56.1 Å². The lowest BCUT2D eigenvalue weighted by atomic mass is 10.0. The van der Waals surface area contributed by atoms with Crippen molar-refractivity contribution in [3.8, 4) is 5.95 Å². The van der Waals surface area contributed by atoms with E-state index in [2.05, 4.69) is 25.9 Å². The number of benzene rings is 1. The Balaban J connectivity index is 1.36. The molecule has 0 aliphatic carbocycles. The van der Waals surface area contributed by atoms with E-state index in [0.717, 1.165) is 23.3 Å². The quantitative estimate of drug-likeness (QED) is 0.367. The molecule has 4 heterocycles. The molecule has 1 aliphatic heterocycles. The summed E-state index contributed by atoms with van der Waals surface area (Å²) in [5.41, 5.74) is 2.42. The molecule has 0 spiro atoms. The average Bonchev–Trinajstić information content (AvgIpc) is 3.64. The first-order valence-electron chi connectivity index (χ1n) is 13.0. The van der Waals surface area contributed by atoms with E-state index in [1.165, 1.54) is 6.20 Å². The van der Waals surface area contributed by atoms with E-state index in [4.69, 9.17) is 9.62 Å². The van der Waals surface area contributed by atoms with Crippen LogP contribution in [0, 0.1) is 0 Å². The number of carbonyl (C=O) groups excluding carboxylic acids is 1. The number of rotatable bonds is 7. The highest BCUT2D eigenvalue weighted by Crippen LogP contribution is 2.30. The van der Waals surface area contributed by atoms with Crippen LogP contribution in [0.15, 0.2) is 41.2 Å². The van der Waals surface area contributed by atoms with Crippen molar-refractivity contribution >= 4 is 28.6 Å². The molecule has 5 rings (SSSR count). The summed E-state index contributed by atoms with van der Waals surface area (Å²) < 4.78 is 23.5. The molecule has 11 nitrogen and oxygen atoms in total. The normalized spacial score (nSPS) is 18.7. The summed E-state index contributed by atoms with van der Waals surface area (Å²) in [5, 5.41) is 20.2. The number of hydrogen-bond acceptors (Lipinski definition) is 8. The third-order valence-corrected chi connectivity index (χ3v) is 6.73. The molecule has 1 amide bonds. The number of allylic oxidation sites excluding steroid dienone is 1. The van der Waals surface area contributed by atoms with Gasteiger partial charge >= 0.3 is 0 Å². The molecule has 1 fully saturated rings. The largest absolute Gasteiger partial charge is 0.377 e. The molecular weight excluding hydrogens is 501 g/mol. The summed E-state index contributed by atoms with van der Waals surface area (Å²) in [6.45, 7) is 9.21. The number of halogens is 1. The number of anilines is 1. The third-order valence-electron chi connectivity index (χ3n) is 6.73. The summed E-state index contributed by atoms with van der Waals surface area (Å²) in [6.07, 6.45) is 6.77. The molecule has 39 heavy (non-hydrogen) atoms. The number of fused-ring (bicyclic) bond motifs is 1. The van der Waals surface area contributed by atoms with E-state index >= 15 is 0 Å². The first kappa shape index (κ1) is 26.5. The Morgan fingerprint density at radius 2 is 2.13 bits per heavy atom. The highest BCUT2D eigenvalue weighted by atomic mass is 19.1. The number of carbonyl (C=O) groups is 1. The van der Waals surface area contributed by atoms with Gasteiger partial charge in [0, 0.05) is 24.7 Å². The zero-order valence-electron chi connectivity index (χ0n) is 22.8. The number of nitrogens with zero attached hydrogens (tertiary/aromatic N) is 7. The topological polar surface area (TPSA) is 119 Å². The number of aromatic nitrogens is 6. The van der Waals surface area contributed by atoms with Crippen LogP contribution in [0.3, 0.4) is 0 Å². The number of likely N-dealkylation sites (tertiary alicyclic amines) is 1. The third kappa shape index (κ3) is 5.56. The van der Waals surface area contributed by atoms with Gasteiger partial charge in [-0.15, -0.1) is 0 Å². The Kier molecular flexibility index (Phi) is 7.21. The second-order valence-corrected chi connectivity index (χ2v) is 10.8. The molecule has 3 aromatic heterocycles. The number of hydrogen-bond donors (Lipinski definition) is 2. The van der Waals surface area contributed by atoms with Crippen LogP contribution in [0.5, 0.6) is 0 Å². The fraction of sp³-hybridized carbons (Fsp3) is 0.444.